The van der Waals surface area contributed by atoms with E-state index >= 15 is 0 Å². The van der Waals surface area contributed by atoms with Crippen LogP contribution in [-0.4, -0.2) is 49.4 Å². The topological polar surface area (TPSA) is 104 Å². The molecular formula is C16H21ClN2O5S. The summed E-state index contributed by atoms with van der Waals surface area (Å²) < 4.78 is 26.7. The number of rotatable bonds is 6. The molecule has 2 unspecified atom stereocenters. The number of likely N-dealkylation sites (tertiary alicyclic amines) is 1. The highest BCUT2D eigenvalue weighted by atomic mass is 35.5. The number of nitrogens with zero attached hydrogens (tertiary/aromatic N) is 1. The lowest BCUT2D eigenvalue weighted by atomic mass is 9.91. The van der Waals surface area contributed by atoms with E-state index in [1.165, 1.54) is 18.2 Å². The van der Waals surface area contributed by atoms with E-state index in [0.717, 1.165) is 0 Å². The van der Waals surface area contributed by atoms with E-state index < -0.39 is 21.9 Å². The molecule has 1 aliphatic heterocycles. The highest BCUT2D eigenvalue weighted by molar-refractivity contribution is 7.89. The minimum absolute atomic E-state index is 0.0157. The number of piperidine rings is 1. The summed E-state index contributed by atoms with van der Waals surface area (Å²) in [5, 5.41) is 9.36. The van der Waals surface area contributed by atoms with Crippen molar-refractivity contribution in [3.8, 4) is 0 Å². The molecule has 2 rings (SSSR count). The molecule has 9 heteroatoms. The van der Waals surface area contributed by atoms with Gasteiger partial charge in [0.1, 0.15) is 0 Å². The van der Waals surface area contributed by atoms with E-state index in [2.05, 4.69) is 4.72 Å². The number of amides is 1. The Balaban J connectivity index is 1.87. The van der Waals surface area contributed by atoms with Crippen LogP contribution in [-0.2, 0) is 19.6 Å². The molecule has 1 amide bonds. The Bertz CT molecular complexity index is 753. The molecule has 1 saturated heterocycles. The number of carboxylic acids is 1. The maximum absolute atomic E-state index is 12.3. The summed E-state index contributed by atoms with van der Waals surface area (Å²) in [5.74, 6) is -1.46. The van der Waals surface area contributed by atoms with Crippen LogP contribution in [0.25, 0.3) is 0 Å². The van der Waals surface area contributed by atoms with Crippen LogP contribution in [0.4, 0.5) is 0 Å². The molecule has 1 aromatic rings. The molecule has 1 aromatic carbocycles. The summed E-state index contributed by atoms with van der Waals surface area (Å²) in [4.78, 5) is 25.0. The molecule has 0 aliphatic carbocycles. The van der Waals surface area contributed by atoms with E-state index in [4.69, 9.17) is 16.7 Å². The van der Waals surface area contributed by atoms with Gasteiger partial charge in [-0.05, 0) is 38.0 Å². The van der Waals surface area contributed by atoms with Gasteiger partial charge in [0.2, 0.25) is 15.9 Å². The van der Waals surface area contributed by atoms with Gasteiger partial charge in [-0.1, -0.05) is 17.7 Å². The maximum Gasteiger partial charge on any atom is 0.306 e. The quantitative estimate of drug-likeness (QED) is 0.772. The zero-order valence-corrected chi connectivity index (χ0v) is 15.4. The third kappa shape index (κ3) is 5.17. The van der Waals surface area contributed by atoms with Crippen molar-refractivity contribution in [1.82, 2.24) is 9.62 Å². The van der Waals surface area contributed by atoms with Crippen LogP contribution in [0.3, 0.4) is 0 Å². The van der Waals surface area contributed by atoms with Crippen molar-refractivity contribution >= 4 is 33.5 Å². The number of halogens is 1. The minimum atomic E-state index is -3.73. The number of carbonyl (C=O) groups excluding carboxylic acids is 1. The third-order valence-electron chi connectivity index (χ3n) is 4.28. The molecule has 2 atom stereocenters. The molecule has 7 nitrogen and oxygen atoms in total. The summed E-state index contributed by atoms with van der Waals surface area (Å²) >= 11 is 5.79. The largest absolute Gasteiger partial charge is 0.481 e. The molecule has 25 heavy (non-hydrogen) atoms. The predicted octanol–water partition coefficient (Wildman–Crippen LogP) is 1.72. The van der Waals surface area contributed by atoms with Crippen LogP contribution >= 0.6 is 11.6 Å². The number of carbonyl (C=O) groups is 2. The standard InChI is InChI=1S/C16H21ClN2O5S/c1-11-9-12(16(21)22)6-8-19(11)15(20)5-7-18-25(23,24)14-4-2-3-13(17)10-14/h2-4,10-12,18H,5-9H2,1H3,(H,21,22). The average molecular weight is 389 g/mol. The fourth-order valence-corrected chi connectivity index (χ4v) is 4.25. The van der Waals surface area contributed by atoms with Gasteiger partial charge in [0.25, 0.3) is 0 Å². The van der Waals surface area contributed by atoms with Crippen molar-refractivity contribution in [2.24, 2.45) is 5.92 Å². The molecule has 0 spiro atoms. The van der Waals surface area contributed by atoms with E-state index in [1.54, 1.807) is 11.0 Å². The first-order chi connectivity index (χ1) is 11.7. The smallest absolute Gasteiger partial charge is 0.306 e. The third-order valence-corrected chi connectivity index (χ3v) is 5.98. The SMILES string of the molecule is CC1CC(C(=O)O)CCN1C(=O)CCNS(=O)(=O)c1cccc(Cl)c1. The second-order valence-electron chi connectivity index (χ2n) is 6.10. The highest BCUT2D eigenvalue weighted by Crippen LogP contribution is 2.23. The van der Waals surface area contributed by atoms with Crippen molar-refractivity contribution in [2.45, 2.75) is 37.1 Å². The second-order valence-corrected chi connectivity index (χ2v) is 8.30. The van der Waals surface area contributed by atoms with Gasteiger partial charge in [-0.3, -0.25) is 9.59 Å². The Morgan fingerprint density at radius 3 is 2.72 bits per heavy atom. The summed E-state index contributed by atoms with van der Waals surface area (Å²) in [6.07, 6.45) is 0.844. The summed E-state index contributed by atoms with van der Waals surface area (Å²) in [7, 11) is -3.73. The molecule has 0 saturated carbocycles. The molecule has 0 bridgehead atoms. The zero-order valence-electron chi connectivity index (χ0n) is 13.8. The number of aliphatic carboxylic acids is 1. The van der Waals surface area contributed by atoms with E-state index in [1.807, 2.05) is 6.92 Å². The first-order valence-corrected chi connectivity index (χ1v) is 9.84. The van der Waals surface area contributed by atoms with Crippen LogP contribution < -0.4 is 4.72 Å². The predicted molar refractivity (Wildman–Crippen MR) is 92.8 cm³/mol. The molecule has 2 N–H and O–H groups in total. The van der Waals surface area contributed by atoms with E-state index in [9.17, 15) is 18.0 Å². The van der Waals surface area contributed by atoms with Crippen molar-refractivity contribution in [1.29, 1.82) is 0 Å². The summed E-state index contributed by atoms with van der Waals surface area (Å²) in [6.45, 7) is 2.15. The first kappa shape index (κ1) is 19.7. The monoisotopic (exact) mass is 388 g/mol. The van der Waals surface area contributed by atoms with E-state index in [0.29, 0.717) is 24.4 Å². The van der Waals surface area contributed by atoms with Crippen molar-refractivity contribution in [2.75, 3.05) is 13.1 Å². The first-order valence-electron chi connectivity index (χ1n) is 7.98. The van der Waals surface area contributed by atoms with E-state index in [-0.39, 0.29) is 29.8 Å². The Morgan fingerprint density at radius 1 is 1.40 bits per heavy atom. The molecule has 1 fully saturated rings. The minimum Gasteiger partial charge on any atom is -0.481 e. The van der Waals surface area contributed by atoms with Gasteiger partial charge in [-0.15, -0.1) is 0 Å². The van der Waals surface area contributed by atoms with Crippen molar-refractivity contribution in [3.63, 3.8) is 0 Å². The Hall–Kier alpha value is -1.64. The lowest BCUT2D eigenvalue weighted by molar-refractivity contribution is -0.147. The normalized spacial score (nSPS) is 21.1. The highest BCUT2D eigenvalue weighted by Gasteiger charge is 2.32. The lowest BCUT2D eigenvalue weighted by Crippen LogP contribution is -2.46. The average Bonchev–Trinajstić information content (AvgIpc) is 2.54. The van der Waals surface area contributed by atoms with Gasteiger partial charge in [-0.2, -0.15) is 0 Å². The molecule has 1 aliphatic rings. The molecule has 0 radical (unpaired) electrons. The molecular weight excluding hydrogens is 368 g/mol. The number of carboxylic acid groups (broad SMARTS) is 1. The van der Waals surface area contributed by atoms with Gasteiger partial charge in [0.05, 0.1) is 10.8 Å². The van der Waals surface area contributed by atoms with Crippen LogP contribution in [0.15, 0.2) is 29.2 Å². The maximum atomic E-state index is 12.3. The fourth-order valence-electron chi connectivity index (χ4n) is 2.92. The number of hydrogen-bond donors (Lipinski definition) is 2. The number of hydrogen-bond acceptors (Lipinski definition) is 4. The van der Waals surface area contributed by atoms with Gasteiger partial charge >= 0.3 is 5.97 Å². The Kier molecular flexibility index (Phi) is 6.42. The number of benzene rings is 1. The van der Waals surface area contributed by atoms with Crippen LogP contribution in [0.1, 0.15) is 26.2 Å². The van der Waals surface area contributed by atoms with Gasteiger partial charge in [0, 0.05) is 30.6 Å². The van der Waals surface area contributed by atoms with Crippen molar-refractivity contribution < 1.29 is 23.1 Å². The summed E-state index contributed by atoms with van der Waals surface area (Å²) in [6, 6.07) is 5.70. The summed E-state index contributed by atoms with van der Waals surface area (Å²) in [5.41, 5.74) is 0. The van der Waals surface area contributed by atoms with Gasteiger partial charge in [0.15, 0.2) is 0 Å². The van der Waals surface area contributed by atoms with Crippen LogP contribution in [0.5, 0.6) is 0 Å². The molecule has 1 heterocycles. The Morgan fingerprint density at radius 2 is 2.12 bits per heavy atom. The fraction of sp³-hybridized carbons (Fsp3) is 0.500. The van der Waals surface area contributed by atoms with Gasteiger partial charge < -0.3 is 10.0 Å². The number of sulfonamides is 1. The Labute approximate surface area is 152 Å². The molecule has 0 aromatic heterocycles. The van der Waals surface area contributed by atoms with Crippen LogP contribution in [0, 0.1) is 5.92 Å². The second kappa shape index (κ2) is 8.16. The lowest BCUT2D eigenvalue weighted by Gasteiger charge is -2.36. The van der Waals surface area contributed by atoms with Crippen LogP contribution in [0.2, 0.25) is 5.02 Å². The van der Waals surface area contributed by atoms with Gasteiger partial charge in [-0.25, -0.2) is 13.1 Å². The molecule has 138 valence electrons. The number of nitrogens with one attached hydrogen (secondary N) is 1. The van der Waals surface area contributed by atoms with Crippen molar-refractivity contribution in [3.05, 3.63) is 29.3 Å². The zero-order chi connectivity index (χ0) is 18.6.